The Morgan fingerprint density at radius 2 is 1.97 bits per heavy atom. The van der Waals surface area contributed by atoms with Crippen LogP contribution in [-0.4, -0.2) is 31.7 Å². The standard InChI is InChI=1S/C24H31N5OS/c1-31-23-13-26-21(28-23)12-27-24(30)19-5-4-14-15-6-8-20-18(16(15)2-3-17(14)19)7-9-22-25-10-11-29(20)22/h7,9-11,13-20H,2-6,8,12H2,1H3,(H,26,28)(H,27,30)/t14-,15-,16-,17-,18+,19+,20?/m0/s1. The third kappa shape index (κ3) is 3.27. The van der Waals surface area contributed by atoms with Gasteiger partial charge in [-0.1, -0.05) is 6.08 Å². The van der Waals surface area contributed by atoms with Crippen LogP contribution in [0.1, 0.15) is 56.2 Å². The monoisotopic (exact) mass is 437 g/mol. The van der Waals surface area contributed by atoms with Crippen molar-refractivity contribution >= 4 is 23.7 Å². The number of hydrogen-bond donors (Lipinski definition) is 2. The molecular weight excluding hydrogens is 406 g/mol. The van der Waals surface area contributed by atoms with Gasteiger partial charge in [0.05, 0.1) is 6.54 Å². The van der Waals surface area contributed by atoms with E-state index in [-0.39, 0.29) is 11.8 Å². The molecule has 6 rings (SSSR count). The lowest BCUT2D eigenvalue weighted by Gasteiger charge is -2.51. The molecule has 3 aliphatic carbocycles. The molecular formula is C24H31N5OS. The van der Waals surface area contributed by atoms with Crippen LogP contribution in [0.4, 0.5) is 0 Å². The van der Waals surface area contributed by atoms with Crippen LogP contribution in [0.5, 0.6) is 0 Å². The number of carbonyl (C=O) groups is 1. The molecule has 1 unspecified atom stereocenters. The van der Waals surface area contributed by atoms with Crippen LogP contribution in [0.3, 0.4) is 0 Å². The quantitative estimate of drug-likeness (QED) is 0.700. The highest BCUT2D eigenvalue weighted by molar-refractivity contribution is 7.98. The molecule has 6 nitrogen and oxygen atoms in total. The summed E-state index contributed by atoms with van der Waals surface area (Å²) in [4.78, 5) is 25.2. The molecule has 7 atom stereocenters. The smallest absolute Gasteiger partial charge is 0.223 e. The first kappa shape index (κ1) is 19.6. The Morgan fingerprint density at radius 1 is 1.16 bits per heavy atom. The van der Waals surface area contributed by atoms with E-state index in [0.29, 0.717) is 24.4 Å². The number of hydrogen-bond acceptors (Lipinski definition) is 4. The van der Waals surface area contributed by atoms with Gasteiger partial charge in [-0.15, -0.1) is 11.8 Å². The molecule has 2 aromatic heterocycles. The third-order valence-corrected chi connectivity index (χ3v) is 9.28. The number of aromatic nitrogens is 4. The summed E-state index contributed by atoms with van der Waals surface area (Å²) in [7, 11) is 0. The minimum Gasteiger partial charge on any atom is -0.349 e. The van der Waals surface area contributed by atoms with Crippen molar-refractivity contribution in [2.24, 2.45) is 35.5 Å². The van der Waals surface area contributed by atoms with Crippen molar-refractivity contribution in [1.82, 2.24) is 24.8 Å². The Balaban J connectivity index is 1.12. The Hall–Kier alpha value is -2.02. The van der Waals surface area contributed by atoms with E-state index >= 15 is 0 Å². The van der Waals surface area contributed by atoms with Crippen molar-refractivity contribution in [1.29, 1.82) is 0 Å². The molecule has 0 spiro atoms. The fourth-order valence-electron chi connectivity index (χ4n) is 7.40. The fraction of sp³-hybridized carbons (Fsp3) is 0.625. The molecule has 3 fully saturated rings. The minimum atomic E-state index is 0.181. The Kier molecular flexibility index (Phi) is 4.97. The Morgan fingerprint density at radius 3 is 2.84 bits per heavy atom. The number of rotatable bonds is 4. The molecule has 0 radical (unpaired) electrons. The number of aromatic amines is 1. The van der Waals surface area contributed by atoms with Gasteiger partial charge in [-0.25, -0.2) is 9.97 Å². The predicted octanol–water partition coefficient (Wildman–Crippen LogP) is 4.29. The first-order valence-corrected chi connectivity index (χ1v) is 13.0. The first-order valence-electron chi connectivity index (χ1n) is 11.8. The summed E-state index contributed by atoms with van der Waals surface area (Å²) in [5.41, 5.74) is 0. The number of thioether (sulfide) groups is 1. The van der Waals surface area contributed by atoms with Crippen LogP contribution in [0, 0.1) is 35.5 Å². The van der Waals surface area contributed by atoms with Gasteiger partial charge in [-0.2, -0.15) is 0 Å². The van der Waals surface area contributed by atoms with Gasteiger partial charge in [0.1, 0.15) is 16.7 Å². The summed E-state index contributed by atoms with van der Waals surface area (Å²) in [6.07, 6.45) is 20.0. The molecule has 31 heavy (non-hydrogen) atoms. The lowest BCUT2D eigenvalue weighted by Crippen LogP contribution is -2.45. The van der Waals surface area contributed by atoms with Gasteiger partial charge in [0.15, 0.2) is 0 Å². The number of nitrogens with zero attached hydrogens (tertiary/aromatic N) is 3. The highest BCUT2D eigenvalue weighted by Gasteiger charge is 2.52. The van der Waals surface area contributed by atoms with Gasteiger partial charge in [0, 0.05) is 36.5 Å². The Labute approximate surface area is 187 Å². The number of carbonyl (C=O) groups excluding carboxylic acids is 1. The zero-order valence-electron chi connectivity index (χ0n) is 18.0. The van der Waals surface area contributed by atoms with E-state index < -0.39 is 0 Å². The van der Waals surface area contributed by atoms with Gasteiger partial charge < -0.3 is 14.9 Å². The van der Waals surface area contributed by atoms with Gasteiger partial charge in [-0.05, 0) is 74.5 Å². The van der Waals surface area contributed by atoms with E-state index in [4.69, 9.17) is 0 Å². The molecule has 7 heteroatoms. The average Bonchev–Trinajstić information content (AvgIpc) is 3.55. The van der Waals surface area contributed by atoms with Crippen LogP contribution in [0.2, 0.25) is 0 Å². The van der Waals surface area contributed by atoms with Crippen molar-refractivity contribution in [3.8, 4) is 0 Å². The number of nitrogens with one attached hydrogen (secondary N) is 2. The topological polar surface area (TPSA) is 75.6 Å². The molecule has 0 saturated heterocycles. The van der Waals surface area contributed by atoms with E-state index in [1.807, 2.05) is 18.6 Å². The largest absolute Gasteiger partial charge is 0.349 e. The summed E-state index contributed by atoms with van der Waals surface area (Å²) >= 11 is 1.61. The number of imidazole rings is 2. The van der Waals surface area contributed by atoms with Crippen LogP contribution in [0.25, 0.3) is 6.08 Å². The van der Waals surface area contributed by atoms with Crippen LogP contribution in [0.15, 0.2) is 29.7 Å². The van der Waals surface area contributed by atoms with Crippen molar-refractivity contribution < 1.29 is 4.79 Å². The highest BCUT2D eigenvalue weighted by atomic mass is 32.2. The zero-order valence-corrected chi connectivity index (χ0v) is 18.9. The summed E-state index contributed by atoms with van der Waals surface area (Å²) in [5, 5.41) is 4.14. The number of amides is 1. The first-order chi connectivity index (χ1) is 15.2. The number of H-pyrrole nitrogens is 1. The molecule has 1 aliphatic heterocycles. The second kappa shape index (κ2) is 7.84. The normalized spacial score (nSPS) is 35.7. The van der Waals surface area contributed by atoms with E-state index in [1.54, 1.807) is 11.8 Å². The number of fused-ring (bicyclic) bond motifs is 7. The van der Waals surface area contributed by atoms with Crippen molar-refractivity contribution in [3.05, 3.63) is 36.3 Å². The lowest BCUT2D eigenvalue weighted by atomic mass is 9.56. The van der Waals surface area contributed by atoms with Crippen LogP contribution >= 0.6 is 11.8 Å². The van der Waals surface area contributed by atoms with Crippen LogP contribution < -0.4 is 5.32 Å². The van der Waals surface area contributed by atoms with E-state index in [9.17, 15) is 4.79 Å². The molecule has 2 aromatic rings. The van der Waals surface area contributed by atoms with Gasteiger partial charge >= 0.3 is 0 Å². The minimum absolute atomic E-state index is 0.181. The van der Waals surface area contributed by atoms with Crippen molar-refractivity contribution in [2.45, 2.75) is 56.1 Å². The molecule has 0 bridgehead atoms. The maximum absolute atomic E-state index is 13.1. The van der Waals surface area contributed by atoms with E-state index in [1.165, 1.54) is 32.1 Å². The maximum atomic E-state index is 13.1. The summed E-state index contributed by atoms with van der Waals surface area (Å²) in [5.74, 6) is 5.85. The molecule has 2 N–H and O–H groups in total. The molecule has 0 aromatic carbocycles. The SMILES string of the molecule is CSc1c[nH]c(CNC(=O)[C@@H]2CC[C@H]3[C@@H]4CCC5[C@H](C=Cc6nccn65)[C@H]4CC[C@@H]32)n1. The molecule has 1 amide bonds. The highest BCUT2D eigenvalue weighted by Crippen LogP contribution is 2.58. The Bertz CT molecular complexity index is 996. The average molecular weight is 438 g/mol. The molecule has 164 valence electrons. The lowest BCUT2D eigenvalue weighted by molar-refractivity contribution is -0.127. The van der Waals surface area contributed by atoms with Gasteiger partial charge in [-0.3, -0.25) is 4.79 Å². The van der Waals surface area contributed by atoms with Crippen molar-refractivity contribution in [3.63, 3.8) is 0 Å². The maximum Gasteiger partial charge on any atom is 0.223 e. The van der Waals surface area contributed by atoms with E-state index in [0.717, 1.165) is 40.8 Å². The molecule has 3 saturated carbocycles. The second-order valence-corrected chi connectivity index (χ2v) is 10.6. The second-order valence-electron chi connectivity index (χ2n) is 9.80. The van der Waals surface area contributed by atoms with Crippen molar-refractivity contribution in [2.75, 3.05) is 6.26 Å². The zero-order chi connectivity index (χ0) is 20.9. The summed E-state index contributed by atoms with van der Waals surface area (Å²) < 4.78 is 2.41. The van der Waals surface area contributed by atoms with Gasteiger partial charge in [0.2, 0.25) is 5.91 Å². The summed E-state index contributed by atoms with van der Waals surface area (Å²) in [6.45, 7) is 0.501. The predicted molar refractivity (Wildman–Crippen MR) is 121 cm³/mol. The number of allylic oxidation sites excluding steroid dienone is 1. The van der Waals surface area contributed by atoms with Gasteiger partial charge in [0.25, 0.3) is 0 Å². The van der Waals surface area contributed by atoms with E-state index in [2.05, 4.69) is 43.2 Å². The molecule has 3 heterocycles. The molecule has 4 aliphatic rings. The third-order valence-electron chi connectivity index (χ3n) is 8.65. The summed E-state index contributed by atoms with van der Waals surface area (Å²) in [6, 6.07) is 0.584. The van der Waals surface area contributed by atoms with Crippen LogP contribution in [-0.2, 0) is 11.3 Å². The fourth-order valence-corrected chi connectivity index (χ4v) is 7.78.